The second-order valence-corrected chi connectivity index (χ2v) is 2.49. The molecule has 0 spiro atoms. The Morgan fingerprint density at radius 2 is 2.18 bits per heavy atom. The lowest BCUT2D eigenvalue weighted by atomic mass is 10.1. The molecule has 1 rings (SSSR count). The molecule has 2 heteroatoms. The molecule has 58 valence electrons. The van der Waals surface area contributed by atoms with E-state index in [4.69, 9.17) is 5.41 Å². The monoisotopic (exact) mass is 148 g/mol. The highest BCUT2D eigenvalue weighted by molar-refractivity contribution is 5.85. The SMILES string of the molecule is CNc1ccc(C)cc1C=N. The van der Waals surface area contributed by atoms with E-state index in [1.54, 1.807) is 0 Å². The van der Waals surface area contributed by atoms with E-state index in [0.29, 0.717) is 0 Å². The van der Waals surface area contributed by atoms with Crippen molar-refractivity contribution in [1.29, 1.82) is 5.41 Å². The molecule has 1 aromatic rings. The van der Waals surface area contributed by atoms with Gasteiger partial charge in [-0.25, -0.2) is 0 Å². The van der Waals surface area contributed by atoms with Gasteiger partial charge in [0, 0.05) is 24.5 Å². The van der Waals surface area contributed by atoms with Crippen molar-refractivity contribution in [3.8, 4) is 0 Å². The summed E-state index contributed by atoms with van der Waals surface area (Å²) in [6.45, 7) is 2.02. The molecule has 1 aromatic carbocycles. The van der Waals surface area contributed by atoms with Crippen molar-refractivity contribution in [2.24, 2.45) is 0 Å². The van der Waals surface area contributed by atoms with Gasteiger partial charge in [-0.2, -0.15) is 0 Å². The number of benzene rings is 1. The van der Waals surface area contributed by atoms with Gasteiger partial charge in [0.25, 0.3) is 0 Å². The van der Waals surface area contributed by atoms with Crippen LogP contribution in [0.25, 0.3) is 0 Å². The van der Waals surface area contributed by atoms with Crippen LogP contribution in [0, 0.1) is 12.3 Å². The van der Waals surface area contributed by atoms with Gasteiger partial charge in [0.1, 0.15) is 0 Å². The summed E-state index contributed by atoms with van der Waals surface area (Å²) in [5.74, 6) is 0. The van der Waals surface area contributed by atoms with Crippen LogP contribution >= 0.6 is 0 Å². The van der Waals surface area contributed by atoms with Crippen LogP contribution in [-0.4, -0.2) is 13.3 Å². The van der Waals surface area contributed by atoms with Crippen molar-refractivity contribution in [3.63, 3.8) is 0 Å². The Labute approximate surface area is 66.8 Å². The number of hydrogen-bond donors (Lipinski definition) is 2. The molecule has 0 atom stereocenters. The Morgan fingerprint density at radius 3 is 2.73 bits per heavy atom. The summed E-state index contributed by atoms with van der Waals surface area (Å²) in [5, 5.41) is 10.1. The van der Waals surface area contributed by atoms with Crippen molar-refractivity contribution < 1.29 is 0 Å². The summed E-state index contributed by atoms with van der Waals surface area (Å²) < 4.78 is 0. The molecule has 0 saturated heterocycles. The van der Waals surface area contributed by atoms with E-state index in [9.17, 15) is 0 Å². The molecule has 11 heavy (non-hydrogen) atoms. The van der Waals surface area contributed by atoms with E-state index in [-0.39, 0.29) is 0 Å². The first-order chi connectivity index (χ1) is 5.27. The number of nitrogens with one attached hydrogen (secondary N) is 2. The van der Waals surface area contributed by atoms with E-state index in [0.717, 1.165) is 11.3 Å². The molecular formula is C9H12N2. The lowest BCUT2D eigenvalue weighted by Crippen LogP contribution is -1.94. The number of anilines is 1. The van der Waals surface area contributed by atoms with Crippen molar-refractivity contribution in [1.82, 2.24) is 0 Å². The molecule has 0 unspecified atom stereocenters. The minimum atomic E-state index is 0.938. The predicted octanol–water partition coefficient (Wildman–Crippen LogP) is 2.03. The van der Waals surface area contributed by atoms with E-state index in [1.807, 2.05) is 32.2 Å². The van der Waals surface area contributed by atoms with Gasteiger partial charge in [-0.05, 0) is 19.1 Å². The van der Waals surface area contributed by atoms with Crippen molar-refractivity contribution >= 4 is 11.9 Å². The minimum absolute atomic E-state index is 0.938. The summed E-state index contributed by atoms with van der Waals surface area (Å²) in [6, 6.07) is 5.99. The molecule has 0 fully saturated rings. The number of rotatable bonds is 2. The van der Waals surface area contributed by atoms with Gasteiger partial charge < -0.3 is 10.7 Å². The van der Waals surface area contributed by atoms with Crippen LogP contribution in [0.2, 0.25) is 0 Å². The highest BCUT2D eigenvalue weighted by atomic mass is 14.8. The van der Waals surface area contributed by atoms with Gasteiger partial charge in [0.2, 0.25) is 0 Å². The first-order valence-electron chi connectivity index (χ1n) is 3.57. The zero-order valence-electron chi connectivity index (χ0n) is 6.81. The normalized spacial score (nSPS) is 9.27. The zero-order chi connectivity index (χ0) is 8.27. The Balaban J connectivity index is 3.16. The minimum Gasteiger partial charge on any atom is -0.388 e. The Hall–Kier alpha value is -1.31. The Morgan fingerprint density at radius 1 is 1.45 bits per heavy atom. The summed E-state index contributed by atoms with van der Waals surface area (Å²) in [4.78, 5) is 0. The van der Waals surface area contributed by atoms with Crippen molar-refractivity contribution in [3.05, 3.63) is 29.3 Å². The summed E-state index contributed by atoms with van der Waals surface area (Å²) in [7, 11) is 1.86. The molecule has 0 heterocycles. The third kappa shape index (κ3) is 1.58. The largest absolute Gasteiger partial charge is 0.388 e. The summed E-state index contributed by atoms with van der Waals surface area (Å²) in [5.41, 5.74) is 3.13. The third-order valence-electron chi connectivity index (χ3n) is 1.63. The van der Waals surface area contributed by atoms with Crippen LogP contribution in [0.4, 0.5) is 5.69 Å². The second kappa shape index (κ2) is 3.19. The van der Waals surface area contributed by atoms with Crippen molar-refractivity contribution in [2.45, 2.75) is 6.92 Å². The second-order valence-electron chi connectivity index (χ2n) is 2.49. The van der Waals surface area contributed by atoms with Crippen LogP contribution in [0.1, 0.15) is 11.1 Å². The lowest BCUT2D eigenvalue weighted by Gasteiger charge is -2.04. The van der Waals surface area contributed by atoms with E-state index < -0.39 is 0 Å². The van der Waals surface area contributed by atoms with E-state index in [2.05, 4.69) is 5.32 Å². The molecule has 0 saturated carbocycles. The van der Waals surface area contributed by atoms with Crippen LogP contribution in [0.15, 0.2) is 18.2 Å². The highest BCUT2D eigenvalue weighted by Crippen LogP contribution is 2.13. The maximum Gasteiger partial charge on any atom is 0.0426 e. The van der Waals surface area contributed by atoms with Gasteiger partial charge in [-0.1, -0.05) is 11.6 Å². The quantitative estimate of drug-likeness (QED) is 0.618. The van der Waals surface area contributed by atoms with Crippen molar-refractivity contribution in [2.75, 3.05) is 12.4 Å². The Bertz CT molecular complexity index is 266. The smallest absolute Gasteiger partial charge is 0.0426 e. The standard InChI is InChI=1S/C9H12N2/c1-7-3-4-9(11-2)8(5-7)6-10/h3-6,10-11H,1-2H3. The molecule has 0 aliphatic carbocycles. The van der Waals surface area contributed by atoms with Gasteiger partial charge in [0.15, 0.2) is 0 Å². The third-order valence-corrected chi connectivity index (χ3v) is 1.63. The molecule has 0 aliphatic rings. The fourth-order valence-corrected chi connectivity index (χ4v) is 1.03. The van der Waals surface area contributed by atoms with Crippen LogP contribution in [0.3, 0.4) is 0 Å². The van der Waals surface area contributed by atoms with E-state index in [1.165, 1.54) is 11.8 Å². The maximum absolute atomic E-state index is 7.12. The fraction of sp³-hybridized carbons (Fsp3) is 0.222. The first-order valence-corrected chi connectivity index (χ1v) is 3.57. The summed E-state index contributed by atoms with van der Waals surface area (Å²) in [6.07, 6.45) is 1.36. The summed E-state index contributed by atoms with van der Waals surface area (Å²) >= 11 is 0. The maximum atomic E-state index is 7.12. The number of hydrogen-bond acceptors (Lipinski definition) is 2. The highest BCUT2D eigenvalue weighted by Gasteiger charge is 1.95. The average molecular weight is 148 g/mol. The van der Waals surface area contributed by atoms with E-state index >= 15 is 0 Å². The van der Waals surface area contributed by atoms with Crippen LogP contribution in [0.5, 0.6) is 0 Å². The number of aryl methyl sites for hydroxylation is 1. The lowest BCUT2D eigenvalue weighted by molar-refractivity contribution is 1.41. The fourth-order valence-electron chi connectivity index (χ4n) is 1.03. The Kier molecular flexibility index (Phi) is 2.26. The molecule has 0 amide bonds. The molecule has 0 radical (unpaired) electrons. The molecule has 2 nitrogen and oxygen atoms in total. The average Bonchev–Trinajstić information content (AvgIpc) is 2.04. The zero-order valence-corrected chi connectivity index (χ0v) is 6.81. The first kappa shape index (κ1) is 7.79. The van der Waals surface area contributed by atoms with Gasteiger partial charge in [-0.15, -0.1) is 0 Å². The molecule has 0 bridgehead atoms. The molecule has 2 N–H and O–H groups in total. The molecule has 0 aliphatic heterocycles. The van der Waals surface area contributed by atoms with Gasteiger partial charge >= 0.3 is 0 Å². The molecular weight excluding hydrogens is 136 g/mol. The van der Waals surface area contributed by atoms with Crippen LogP contribution < -0.4 is 5.32 Å². The van der Waals surface area contributed by atoms with Gasteiger partial charge in [0.05, 0.1) is 0 Å². The molecule has 0 aromatic heterocycles. The predicted molar refractivity (Wildman–Crippen MR) is 48.6 cm³/mol. The topological polar surface area (TPSA) is 35.9 Å². The van der Waals surface area contributed by atoms with Crippen LogP contribution in [-0.2, 0) is 0 Å². The van der Waals surface area contributed by atoms with Gasteiger partial charge in [-0.3, -0.25) is 0 Å².